The molecule has 6 nitrogen and oxygen atoms in total. The fourth-order valence-corrected chi connectivity index (χ4v) is 4.71. The standard InChI is InChI=1S/C24H22F5N5O/c25-18-6-3-16(19(26)11-18)13-33-9-7-23(8-10-33)12-20-30-22(32-34(20)14-21(35)31-23)15-1-4-17(5-2-15)24(27,28)29/h1-6,11H,7-10,12-14H2,(H,31,35). The van der Waals surface area contributed by atoms with Gasteiger partial charge in [-0.3, -0.25) is 9.69 Å². The molecule has 3 heterocycles. The quantitative estimate of drug-likeness (QED) is 0.564. The van der Waals surface area contributed by atoms with Crippen LogP contribution in [-0.2, 0) is 30.5 Å². The molecule has 1 spiro atoms. The van der Waals surface area contributed by atoms with Crippen molar-refractivity contribution >= 4 is 5.91 Å². The molecule has 0 unspecified atom stereocenters. The lowest BCUT2D eigenvalue weighted by Gasteiger charge is -2.41. The smallest absolute Gasteiger partial charge is 0.349 e. The van der Waals surface area contributed by atoms with Gasteiger partial charge in [0.1, 0.15) is 24.0 Å². The first-order valence-electron chi connectivity index (χ1n) is 11.2. The molecule has 1 N–H and O–H groups in total. The van der Waals surface area contributed by atoms with Crippen molar-refractivity contribution in [2.24, 2.45) is 0 Å². The van der Waals surface area contributed by atoms with E-state index in [9.17, 15) is 26.7 Å². The Labute approximate surface area is 197 Å². The normalized spacial score (nSPS) is 18.3. The van der Waals surface area contributed by atoms with Crippen molar-refractivity contribution in [3.63, 3.8) is 0 Å². The zero-order valence-electron chi connectivity index (χ0n) is 18.6. The summed E-state index contributed by atoms with van der Waals surface area (Å²) >= 11 is 0. The number of nitrogens with one attached hydrogen (secondary N) is 1. The van der Waals surface area contributed by atoms with Crippen LogP contribution in [0.5, 0.6) is 0 Å². The second kappa shape index (κ2) is 8.71. The number of rotatable bonds is 3. The molecule has 1 fully saturated rings. The molecular weight excluding hydrogens is 469 g/mol. The fraction of sp³-hybridized carbons (Fsp3) is 0.375. The van der Waals surface area contributed by atoms with Gasteiger partial charge >= 0.3 is 6.18 Å². The number of likely N-dealkylation sites (tertiary alicyclic amines) is 1. The summed E-state index contributed by atoms with van der Waals surface area (Å²) in [6.45, 7) is 1.49. The van der Waals surface area contributed by atoms with Gasteiger partial charge in [0.05, 0.1) is 5.56 Å². The maximum Gasteiger partial charge on any atom is 0.416 e. The van der Waals surface area contributed by atoms with Crippen LogP contribution in [0, 0.1) is 11.6 Å². The minimum Gasteiger partial charge on any atom is -0.349 e. The van der Waals surface area contributed by atoms with Crippen LogP contribution in [0.2, 0.25) is 0 Å². The summed E-state index contributed by atoms with van der Waals surface area (Å²) in [4.78, 5) is 19.2. The number of amides is 1. The molecular formula is C24H22F5N5O. The van der Waals surface area contributed by atoms with Gasteiger partial charge in [0.15, 0.2) is 5.82 Å². The predicted molar refractivity (Wildman–Crippen MR) is 116 cm³/mol. The van der Waals surface area contributed by atoms with E-state index in [0.717, 1.165) is 18.2 Å². The zero-order valence-corrected chi connectivity index (χ0v) is 18.6. The lowest BCUT2D eigenvalue weighted by molar-refractivity contribution is -0.137. The number of fused-ring (bicyclic) bond motifs is 1. The average Bonchev–Trinajstić information content (AvgIpc) is 3.12. The van der Waals surface area contributed by atoms with Gasteiger partial charge in [-0.05, 0) is 31.0 Å². The van der Waals surface area contributed by atoms with Gasteiger partial charge in [-0.15, -0.1) is 0 Å². The van der Waals surface area contributed by atoms with Gasteiger partial charge in [-0.1, -0.05) is 18.2 Å². The van der Waals surface area contributed by atoms with Crippen molar-refractivity contribution in [1.82, 2.24) is 25.0 Å². The molecule has 2 aliphatic heterocycles. The van der Waals surface area contributed by atoms with Crippen LogP contribution in [0.25, 0.3) is 11.4 Å². The Morgan fingerprint density at radius 1 is 1.03 bits per heavy atom. The molecule has 0 radical (unpaired) electrons. The van der Waals surface area contributed by atoms with E-state index in [4.69, 9.17) is 0 Å². The number of nitrogens with zero attached hydrogens (tertiary/aromatic N) is 4. The maximum atomic E-state index is 14.0. The number of carbonyl (C=O) groups is 1. The highest BCUT2D eigenvalue weighted by Crippen LogP contribution is 2.32. The lowest BCUT2D eigenvalue weighted by atomic mass is 9.84. The van der Waals surface area contributed by atoms with Gasteiger partial charge in [-0.25, -0.2) is 18.4 Å². The van der Waals surface area contributed by atoms with Crippen molar-refractivity contribution in [1.29, 1.82) is 0 Å². The van der Waals surface area contributed by atoms with Gasteiger partial charge in [0.2, 0.25) is 5.91 Å². The van der Waals surface area contributed by atoms with E-state index in [-0.39, 0.29) is 18.3 Å². The van der Waals surface area contributed by atoms with Crippen LogP contribution >= 0.6 is 0 Å². The third kappa shape index (κ3) is 4.90. The highest BCUT2D eigenvalue weighted by atomic mass is 19.4. The molecule has 0 bridgehead atoms. The van der Waals surface area contributed by atoms with E-state index in [1.165, 1.54) is 28.9 Å². The molecule has 11 heteroatoms. The summed E-state index contributed by atoms with van der Waals surface area (Å²) in [5, 5.41) is 7.47. The Morgan fingerprint density at radius 2 is 1.74 bits per heavy atom. The third-order valence-corrected chi connectivity index (χ3v) is 6.64. The van der Waals surface area contributed by atoms with E-state index >= 15 is 0 Å². The molecule has 1 amide bonds. The Morgan fingerprint density at radius 3 is 2.40 bits per heavy atom. The Bertz CT molecular complexity index is 1250. The van der Waals surface area contributed by atoms with Crippen LogP contribution < -0.4 is 5.32 Å². The van der Waals surface area contributed by atoms with E-state index in [2.05, 4.69) is 20.3 Å². The van der Waals surface area contributed by atoms with Crippen LogP contribution in [-0.4, -0.2) is 44.2 Å². The minimum absolute atomic E-state index is 0.0325. The van der Waals surface area contributed by atoms with E-state index < -0.39 is 28.9 Å². The molecule has 1 aromatic heterocycles. The van der Waals surface area contributed by atoms with E-state index in [1.807, 2.05) is 0 Å². The highest BCUT2D eigenvalue weighted by Gasteiger charge is 2.40. The predicted octanol–water partition coefficient (Wildman–Crippen LogP) is 3.95. The van der Waals surface area contributed by atoms with Gasteiger partial charge in [0.25, 0.3) is 0 Å². The molecule has 1 saturated heterocycles. The molecule has 3 aromatic rings. The number of carbonyl (C=O) groups excluding carboxylic acids is 1. The molecule has 0 atom stereocenters. The Hall–Kier alpha value is -3.34. The topological polar surface area (TPSA) is 63.1 Å². The van der Waals surface area contributed by atoms with Crippen LogP contribution in [0.4, 0.5) is 22.0 Å². The summed E-state index contributed by atoms with van der Waals surface area (Å²) in [6, 6.07) is 8.14. The second-order valence-corrected chi connectivity index (χ2v) is 9.10. The molecule has 184 valence electrons. The molecule has 2 aliphatic rings. The number of halogens is 5. The van der Waals surface area contributed by atoms with Gasteiger partial charge in [-0.2, -0.15) is 18.3 Å². The van der Waals surface area contributed by atoms with Gasteiger partial charge < -0.3 is 5.32 Å². The van der Waals surface area contributed by atoms with E-state index in [0.29, 0.717) is 55.8 Å². The highest BCUT2D eigenvalue weighted by molar-refractivity contribution is 5.77. The SMILES string of the molecule is O=C1Cn2nc(-c3ccc(C(F)(F)F)cc3)nc2CC2(CCN(Cc3ccc(F)cc3F)CC2)N1. The number of piperidine rings is 1. The van der Waals surface area contributed by atoms with E-state index in [1.54, 1.807) is 0 Å². The monoisotopic (exact) mass is 491 g/mol. The lowest BCUT2D eigenvalue weighted by Crippen LogP contribution is -2.56. The summed E-state index contributed by atoms with van der Waals surface area (Å²) in [5.41, 5.74) is -0.460. The van der Waals surface area contributed by atoms with Crippen molar-refractivity contribution in [2.75, 3.05) is 13.1 Å². The summed E-state index contributed by atoms with van der Waals surface area (Å²) in [7, 11) is 0. The molecule has 0 saturated carbocycles. The molecule has 5 rings (SSSR count). The number of hydrogen-bond donors (Lipinski definition) is 1. The third-order valence-electron chi connectivity index (χ3n) is 6.64. The second-order valence-electron chi connectivity index (χ2n) is 9.10. The average molecular weight is 491 g/mol. The van der Waals surface area contributed by atoms with Crippen LogP contribution in [0.1, 0.15) is 29.8 Å². The van der Waals surface area contributed by atoms with Crippen molar-refractivity contribution < 1.29 is 26.7 Å². The minimum atomic E-state index is -4.43. The van der Waals surface area contributed by atoms with Crippen LogP contribution in [0.3, 0.4) is 0 Å². The first-order chi connectivity index (χ1) is 16.6. The summed E-state index contributed by atoms with van der Waals surface area (Å²) in [6.07, 6.45) is -2.81. The number of aromatic nitrogens is 3. The fourth-order valence-electron chi connectivity index (χ4n) is 4.71. The van der Waals surface area contributed by atoms with Crippen LogP contribution in [0.15, 0.2) is 42.5 Å². The van der Waals surface area contributed by atoms with Crippen molar-refractivity contribution in [3.8, 4) is 11.4 Å². The first kappa shape index (κ1) is 23.4. The summed E-state index contributed by atoms with van der Waals surface area (Å²) in [5.74, 6) is -0.577. The van der Waals surface area contributed by atoms with Crippen molar-refractivity contribution in [3.05, 3.63) is 71.1 Å². The Kier molecular flexibility index (Phi) is 5.82. The number of benzene rings is 2. The molecule has 35 heavy (non-hydrogen) atoms. The number of hydrogen-bond acceptors (Lipinski definition) is 4. The Balaban J connectivity index is 1.31. The largest absolute Gasteiger partial charge is 0.416 e. The summed E-state index contributed by atoms with van der Waals surface area (Å²) < 4.78 is 67.3. The number of alkyl halides is 3. The van der Waals surface area contributed by atoms with Gasteiger partial charge in [0, 0.05) is 48.8 Å². The van der Waals surface area contributed by atoms with Crippen molar-refractivity contribution in [2.45, 2.75) is 44.1 Å². The molecule has 2 aromatic carbocycles. The molecule has 0 aliphatic carbocycles. The maximum absolute atomic E-state index is 14.0. The first-order valence-corrected chi connectivity index (χ1v) is 11.2. The zero-order chi connectivity index (χ0) is 24.8.